The van der Waals surface area contributed by atoms with E-state index in [1.54, 1.807) is 0 Å². The highest BCUT2D eigenvalue weighted by Gasteiger charge is 2.23. The van der Waals surface area contributed by atoms with E-state index in [1.165, 1.54) is 12.8 Å². The minimum absolute atomic E-state index is 0.506. The number of halogens is 1. The maximum absolute atomic E-state index is 5.65. The van der Waals surface area contributed by atoms with E-state index in [9.17, 15) is 0 Å². The third-order valence-corrected chi connectivity index (χ3v) is 3.30. The first-order valence-corrected chi connectivity index (χ1v) is 5.53. The number of rotatable bonds is 2. The Morgan fingerprint density at radius 2 is 2.27 bits per heavy atom. The highest BCUT2D eigenvalue weighted by atomic mass is 79.9. The number of ether oxygens (including phenoxy) is 1. The van der Waals surface area contributed by atoms with E-state index in [0.29, 0.717) is 12.0 Å². The third-order valence-electron chi connectivity index (χ3n) is 2.39. The molecular weight excluding hydrogens is 204 g/mol. The van der Waals surface area contributed by atoms with E-state index in [1.807, 2.05) is 0 Å². The van der Waals surface area contributed by atoms with Crippen molar-refractivity contribution in [3.63, 3.8) is 0 Å². The predicted octanol–water partition coefficient (Wildman–Crippen LogP) is 2.83. The Hall–Kier alpha value is 0.440. The average molecular weight is 221 g/mol. The molecule has 0 aromatic heterocycles. The maximum atomic E-state index is 5.65. The van der Waals surface area contributed by atoms with E-state index >= 15 is 0 Å². The Bertz CT molecular complexity index is 114. The summed E-state index contributed by atoms with van der Waals surface area (Å²) in [5.74, 6) is 1.52. The predicted molar refractivity (Wildman–Crippen MR) is 51.1 cm³/mol. The van der Waals surface area contributed by atoms with E-state index in [2.05, 4.69) is 29.8 Å². The van der Waals surface area contributed by atoms with Crippen LogP contribution < -0.4 is 0 Å². The molecule has 0 bridgehead atoms. The molecule has 1 saturated heterocycles. The van der Waals surface area contributed by atoms with E-state index < -0.39 is 0 Å². The molecule has 2 atom stereocenters. The van der Waals surface area contributed by atoms with Crippen LogP contribution in [-0.2, 0) is 4.74 Å². The second-order valence-electron chi connectivity index (χ2n) is 3.70. The fraction of sp³-hybridized carbons (Fsp3) is 1.00. The van der Waals surface area contributed by atoms with Gasteiger partial charge in [-0.2, -0.15) is 0 Å². The van der Waals surface area contributed by atoms with Gasteiger partial charge in [0.15, 0.2) is 0 Å². The summed E-state index contributed by atoms with van der Waals surface area (Å²) in [4.78, 5) is 0. The molecule has 1 rings (SSSR count). The molecule has 1 fully saturated rings. The van der Waals surface area contributed by atoms with Crippen molar-refractivity contribution >= 4 is 15.9 Å². The van der Waals surface area contributed by atoms with Crippen molar-refractivity contribution in [3.8, 4) is 0 Å². The Kier molecular flexibility index (Phi) is 3.86. The maximum Gasteiger partial charge on any atom is 0.0600 e. The lowest BCUT2D eigenvalue weighted by molar-refractivity contribution is -0.0294. The highest BCUT2D eigenvalue weighted by molar-refractivity contribution is 9.09. The van der Waals surface area contributed by atoms with Crippen molar-refractivity contribution in [1.82, 2.24) is 0 Å². The van der Waals surface area contributed by atoms with Gasteiger partial charge in [0, 0.05) is 11.9 Å². The van der Waals surface area contributed by atoms with Crippen LogP contribution in [0.5, 0.6) is 0 Å². The van der Waals surface area contributed by atoms with Gasteiger partial charge in [0.05, 0.1) is 6.10 Å². The third kappa shape index (κ3) is 2.75. The Balaban J connectivity index is 2.33. The second-order valence-corrected chi connectivity index (χ2v) is 4.35. The van der Waals surface area contributed by atoms with Crippen LogP contribution in [0.25, 0.3) is 0 Å². The molecule has 1 nitrogen and oxygen atoms in total. The molecule has 0 saturated carbocycles. The molecule has 0 N–H and O–H groups in total. The Morgan fingerprint density at radius 1 is 1.55 bits per heavy atom. The van der Waals surface area contributed by atoms with Gasteiger partial charge in [-0.05, 0) is 24.7 Å². The molecule has 66 valence electrons. The molecule has 0 aliphatic carbocycles. The van der Waals surface area contributed by atoms with Crippen molar-refractivity contribution in [3.05, 3.63) is 0 Å². The zero-order valence-electron chi connectivity index (χ0n) is 7.35. The lowest BCUT2D eigenvalue weighted by Gasteiger charge is -2.30. The van der Waals surface area contributed by atoms with Crippen LogP contribution in [0.3, 0.4) is 0 Å². The first kappa shape index (κ1) is 9.53. The van der Waals surface area contributed by atoms with Crippen molar-refractivity contribution < 1.29 is 4.74 Å². The van der Waals surface area contributed by atoms with Crippen LogP contribution in [0, 0.1) is 11.8 Å². The molecule has 0 aromatic carbocycles. The van der Waals surface area contributed by atoms with Crippen molar-refractivity contribution in [2.45, 2.75) is 32.8 Å². The van der Waals surface area contributed by atoms with Crippen LogP contribution >= 0.6 is 15.9 Å². The number of alkyl halides is 1. The number of hydrogen-bond donors (Lipinski definition) is 0. The summed E-state index contributed by atoms with van der Waals surface area (Å²) in [6.07, 6.45) is 2.98. The highest BCUT2D eigenvalue weighted by Crippen LogP contribution is 2.25. The van der Waals surface area contributed by atoms with Gasteiger partial charge in [-0.3, -0.25) is 0 Å². The van der Waals surface area contributed by atoms with Crippen LogP contribution in [0.15, 0.2) is 0 Å². The van der Waals surface area contributed by atoms with Gasteiger partial charge in [-0.1, -0.05) is 29.8 Å². The lowest BCUT2D eigenvalue weighted by atomic mass is 9.92. The van der Waals surface area contributed by atoms with Crippen LogP contribution in [-0.4, -0.2) is 18.0 Å². The average Bonchev–Trinajstić information content (AvgIpc) is 2.05. The van der Waals surface area contributed by atoms with Gasteiger partial charge in [0.1, 0.15) is 0 Å². The molecule has 2 heteroatoms. The zero-order chi connectivity index (χ0) is 8.27. The van der Waals surface area contributed by atoms with Crippen LogP contribution in [0.1, 0.15) is 26.7 Å². The summed E-state index contributed by atoms with van der Waals surface area (Å²) < 4.78 is 5.65. The fourth-order valence-corrected chi connectivity index (χ4v) is 2.09. The first-order valence-electron chi connectivity index (χ1n) is 4.41. The molecule has 0 spiro atoms. The first-order chi connectivity index (χ1) is 5.24. The summed E-state index contributed by atoms with van der Waals surface area (Å²) in [6, 6.07) is 0. The van der Waals surface area contributed by atoms with Gasteiger partial charge in [0.25, 0.3) is 0 Å². The van der Waals surface area contributed by atoms with E-state index in [0.717, 1.165) is 17.9 Å². The molecule has 2 unspecified atom stereocenters. The topological polar surface area (TPSA) is 9.23 Å². The van der Waals surface area contributed by atoms with Gasteiger partial charge in [-0.25, -0.2) is 0 Å². The summed E-state index contributed by atoms with van der Waals surface area (Å²) in [7, 11) is 0. The van der Waals surface area contributed by atoms with Crippen LogP contribution in [0.2, 0.25) is 0 Å². The van der Waals surface area contributed by atoms with Gasteiger partial charge >= 0.3 is 0 Å². The molecule has 0 aromatic rings. The summed E-state index contributed by atoms with van der Waals surface area (Å²) in [5.41, 5.74) is 0. The minimum atomic E-state index is 0.506. The van der Waals surface area contributed by atoms with Gasteiger partial charge in [0.2, 0.25) is 0 Å². The molecule has 11 heavy (non-hydrogen) atoms. The minimum Gasteiger partial charge on any atom is -0.378 e. The zero-order valence-corrected chi connectivity index (χ0v) is 8.93. The van der Waals surface area contributed by atoms with Gasteiger partial charge < -0.3 is 4.74 Å². The van der Waals surface area contributed by atoms with E-state index in [4.69, 9.17) is 4.74 Å². The largest absolute Gasteiger partial charge is 0.378 e. The quantitative estimate of drug-likeness (QED) is 0.651. The molecule has 0 radical (unpaired) electrons. The second kappa shape index (κ2) is 4.46. The molecular formula is C9H17BrO. The normalized spacial score (nSPS) is 32.7. The monoisotopic (exact) mass is 220 g/mol. The van der Waals surface area contributed by atoms with E-state index in [-0.39, 0.29) is 0 Å². The Morgan fingerprint density at radius 3 is 2.82 bits per heavy atom. The van der Waals surface area contributed by atoms with Crippen molar-refractivity contribution in [2.24, 2.45) is 11.8 Å². The SMILES string of the molecule is CC(C)C1CC(CBr)CCO1. The summed E-state index contributed by atoms with van der Waals surface area (Å²) >= 11 is 3.53. The molecule has 1 aliphatic heterocycles. The Labute approximate surface area is 77.6 Å². The summed E-state index contributed by atoms with van der Waals surface area (Å²) in [5, 5.41) is 1.14. The molecule has 1 aliphatic rings. The standard InChI is InChI=1S/C9H17BrO/c1-7(2)9-5-8(6-10)3-4-11-9/h7-9H,3-6H2,1-2H3. The van der Waals surface area contributed by atoms with Crippen molar-refractivity contribution in [2.75, 3.05) is 11.9 Å². The lowest BCUT2D eigenvalue weighted by Crippen LogP contribution is -2.30. The van der Waals surface area contributed by atoms with Gasteiger partial charge in [-0.15, -0.1) is 0 Å². The fourth-order valence-electron chi connectivity index (χ4n) is 1.51. The molecule has 1 heterocycles. The molecule has 0 amide bonds. The number of hydrogen-bond acceptors (Lipinski definition) is 1. The van der Waals surface area contributed by atoms with Crippen LogP contribution in [0.4, 0.5) is 0 Å². The van der Waals surface area contributed by atoms with Crippen molar-refractivity contribution in [1.29, 1.82) is 0 Å². The smallest absolute Gasteiger partial charge is 0.0600 e. The summed E-state index contributed by atoms with van der Waals surface area (Å²) in [6.45, 7) is 5.43.